The first-order valence-electron chi connectivity index (χ1n) is 7.79. The van der Waals surface area contributed by atoms with Crippen molar-refractivity contribution in [1.29, 1.82) is 0 Å². The van der Waals surface area contributed by atoms with Gasteiger partial charge in [0.15, 0.2) is 6.10 Å². The number of carbonyl (C=O) groups is 2. The van der Waals surface area contributed by atoms with E-state index < -0.39 is 12.1 Å². The highest BCUT2D eigenvalue weighted by Gasteiger charge is 2.20. The van der Waals surface area contributed by atoms with Gasteiger partial charge in [-0.15, -0.1) is 11.8 Å². The van der Waals surface area contributed by atoms with Crippen molar-refractivity contribution in [3.05, 3.63) is 59.7 Å². The van der Waals surface area contributed by atoms with Crippen molar-refractivity contribution >= 4 is 29.3 Å². The van der Waals surface area contributed by atoms with Crippen LogP contribution in [0.15, 0.2) is 53.4 Å². The van der Waals surface area contributed by atoms with Crippen LogP contribution in [0.2, 0.25) is 0 Å². The minimum atomic E-state index is -0.877. The van der Waals surface area contributed by atoms with Crippen LogP contribution >= 0.6 is 11.8 Å². The molecule has 0 aliphatic carbocycles. The largest absolute Gasteiger partial charge is 0.449 e. The first-order valence-corrected chi connectivity index (χ1v) is 9.01. The molecule has 4 nitrogen and oxygen atoms in total. The molecule has 5 heteroatoms. The van der Waals surface area contributed by atoms with Crippen LogP contribution in [0.3, 0.4) is 0 Å². The molecule has 0 heterocycles. The number of carbonyl (C=O) groups excluding carboxylic acids is 2. The molecular weight excluding hydrogens is 322 g/mol. The molecule has 2 aromatic rings. The summed E-state index contributed by atoms with van der Waals surface area (Å²) < 4.78 is 5.29. The van der Waals surface area contributed by atoms with Crippen LogP contribution in [0.5, 0.6) is 0 Å². The summed E-state index contributed by atoms with van der Waals surface area (Å²) in [6, 6.07) is 14.8. The quantitative estimate of drug-likeness (QED) is 0.632. The number of nitrogens with one attached hydrogen (secondary N) is 1. The molecule has 0 unspecified atom stereocenters. The molecule has 0 saturated heterocycles. The summed E-state index contributed by atoms with van der Waals surface area (Å²) >= 11 is 1.46. The summed E-state index contributed by atoms with van der Waals surface area (Å²) in [5.41, 5.74) is 2.35. The third-order valence-corrected chi connectivity index (χ3v) is 4.41. The van der Waals surface area contributed by atoms with Crippen LogP contribution in [0, 0.1) is 0 Å². The zero-order chi connectivity index (χ0) is 17.5. The fourth-order valence-electron chi connectivity index (χ4n) is 2.16. The van der Waals surface area contributed by atoms with Gasteiger partial charge in [-0.1, -0.05) is 31.2 Å². The zero-order valence-corrected chi connectivity index (χ0v) is 14.9. The normalized spacial score (nSPS) is 11.6. The SMILES string of the molecule is CCc1ccc(NC(=O)[C@@H](C)OC(=O)c2ccccc2SC)cc1. The van der Waals surface area contributed by atoms with E-state index >= 15 is 0 Å². The summed E-state index contributed by atoms with van der Waals surface area (Å²) in [6.07, 6.45) is 1.96. The number of ether oxygens (including phenoxy) is 1. The van der Waals surface area contributed by atoms with Crippen LogP contribution in [0.1, 0.15) is 29.8 Å². The summed E-state index contributed by atoms with van der Waals surface area (Å²) in [4.78, 5) is 25.3. The standard InChI is InChI=1S/C19H21NO3S/c1-4-14-9-11-15(12-10-14)20-18(21)13(2)23-19(22)16-7-5-6-8-17(16)24-3/h5-13H,4H2,1-3H3,(H,20,21)/t13-/m1/s1. The lowest BCUT2D eigenvalue weighted by molar-refractivity contribution is -0.123. The second kappa shape index (κ2) is 8.55. The van der Waals surface area contributed by atoms with Crippen LogP contribution in [0.4, 0.5) is 5.69 Å². The van der Waals surface area contributed by atoms with Crippen LogP contribution in [0.25, 0.3) is 0 Å². The smallest absolute Gasteiger partial charge is 0.340 e. The Morgan fingerprint density at radius 1 is 1.12 bits per heavy atom. The van der Waals surface area contributed by atoms with Gasteiger partial charge in [-0.05, 0) is 49.4 Å². The lowest BCUT2D eigenvalue weighted by atomic mass is 10.1. The average molecular weight is 343 g/mol. The number of benzene rings is 2. The van der Waals surface area contributed by atoms with Gasteiger partial charge in [-0.2, -0.15) is 0 Å². The molecule has 0 aromatic heterocycles. The second-order valence-electron chi connectivity index (χ2n) is 5.29. The molecule has 0 bridgehead atoms. The first kappa shape index (κ1) is 18.1. The lowest BCUT2D eigenvalue weighted by Crippen LogP contribution is -2.30. The second-order valence-corrected chi connectivity index (χ2v) is 6.14. The van der Waals surface area contributed by atoms with Crippen LogP contribution in [-0.4, -0.2) is 24.2 Å². The zero-order valence-electron chi connectivity index (χ0n) is 14.0. The molecule has 1 N–H and O–H groups in total. The van der Waals surface area contributed by atoms with Crippen molar-refractivity contribution in [3.8, 4) is 0 Å². The van der Waals surface area contributed by atoms with Gasteiger partial charge in [-0.3, -0.25) is 4.79 Å². The van der Waals surface area contributed by atoms with Crippen molar-refractivity contribution < 1.29 is 14.3 Å². The topological polar surface area (TPSA) is 55.4 Å². The number of aryl methyl sites for hydroxylation is 1. The van der Waals surface area contributed by atoms with Crippen molar-refractivity contribution in [1.82, 2.24) is 0 Å². The Morgan fingerprint density at radius 2 is 1.79 bits per heavy atom. The summed E-state index contributed by atoms with van der Waals surface area (Å²) in [7, 11) is 0. The highest BCUT2D eigenvalue weighted by Crippen LogP contribution is 2.21. The molecule has 0 fully saturated rings. The lowest BCUT2D eigenvalue weighted by Gasteiger charge is -2.14. The predicted octanol–water partition coefficient (Wildman–Crippen LogP) is 4.15. The fraction of sp³-hybridized carbons (Fsp3) is 0.263. The van der Waals surface area contributed by atoms with Gasteiger partial charge in [0.2, 0.25) is 0 Å². The number of esters is 1. The molecule has 2 aromatic carbocycles. The molecule has 0 aliphatic rings. The first-order chi connectivity index (χ1) is 11.5. The highest BCUT2D eigenvalue weighted by molar-refractivity contribution is 7.98. The van der Waals surface area contributed by atoms with Gasteiger partial charge >= 0.3 is 5.97 Å². The van der Waals surface area contributed by atoms with Gasteiger partial charge in [0.1, 0.15) is 0 Å². The summed E-state index contributed by atoms with van der Waals surface area (Å²) in [5, 5.41) is 2.76. The average Bonchev–Trinajstić information content (AvgIpc) is 2.62. The van der Waals surface area contributed by atoms with Crippen LogP contribution in [-0.2, 0) is 16.0 Å². The van der Waals surface area contributed by atoms with Gasteiger partial charge in [0, 0.05) is 10.6 Å². The van der Waals surface area contributed by atoms with E-state index in [-0.39, 0.29) is 5.91 Å². The number of rotatable bonds is 6. The van der Waals surface area contributed by atoms with Crippen molar-refractivity contribution in [2.24, 2.45) is 0 Å². The Balaban J connectivity index is 1.98. The van der Waals surface area contributed by atoms with E-state index in [9.17, 15) is 9.59 Å². The van der Waals surface area contributed by atoms with Gasteiger partial charge < -0.3 is 10.1 Å². The molecule has 0 saturated carbocycles. The maximum atomic E-state index is 12.3. The number of amides is 1. The molecule has 0 spiro atoms. The van der Waals surface area contributed by atoms with E-state index in [0.717, 1.165) is 11.3 Å². The number of hydrogen-bond donors (Lipinski definition) is 1. The summed E-state index contributed by atoms with van der Waals surface area (Å²) in [5.74, 6) is -0.849. The number of hydrogen-bond acceptors (Lipinski definition) is 4. The van der Waals surface area contributed by atoms with E-state index in [2.05, 4.69) is 12.2 Å². The van der Waals surface area contributed by atoms with E-state index in [0.29, 0.717) is 11.3 Å². The van der Waals surface area contributed by atoms with Crippen molar-refractivity contribution in [2.45, 2.75) is 31.3 Å². The van der Waals surface area contributed by atoms with Crippen LogP contribution < -0.4 is 5.32 Å². The Hall–Kier alpha value is -2.27. The number of anilines is 1. The Bertz CT molecular complexity index is 713. The van der Waals surface area contributed by atoms with Crippen molar-refractivity contribution in [2.75, 3.05) is 11.6 Å². The molecule has 24 heavy (non-hydrogen) atoms. The number of thioether (sulfide) groups is 1. The maximum Gasteiger partial charge on any atom is 0.340 e. The third-order valence-electron chi connectivity index (χ3n) is 3.61. The fourth-order valence-corrected chi connectivity index (χ4v) is 2.74. The highest BCUT2D eigenvalue weighted by atomic mass is 32.2. The van der Waals surface area contributed by atoms with E-state index in [1.54, 1.807) is 19.1 Å². The molecule has 126 valence electrons. The van der Waals surface area contributed by atoms with E-state index in [4.69, 9.17) is 4.74 Å². The van der Waals surface area contributed by atoms with Gasteiger partial charge in [0.05, 0.1) is 5.56 Å². The molecule has 1 amide bonds. The maximum absolute atomic E-state index is 12.3. The minimum Gasteiger partial charge on any atom is -0.449 e. The third kappa shape index (κ3) is 4.61. The van der Waals surface area contributed by atoms with Crippen molar-refractivity contribution in [3.63, 3.8) is 0 Å². The Kier molecular flexibility index (Phi) is 6.44. The molecule has 1 atom stereocenters. The molecule has 0 aliphatic heterocycles. The predicted molar refractivity (Wildman–Crippen MR) is 97.6 cm³/mol. The Morgan fingerprint density at radius 3 is 2.42 bits per heavy atom. The molecule has 2 rings (SSSR count). The molecular formula is C19H21NO3S. The Labute approximate surface area is 146 Å². The summed E-state index contributed by atoms with van der Waals surface area (Å²) in [6.45, 7) is 3.64. The van der Waals surface area contributed by atoms with Gasteiger partial charge in [-0.25, -0.2) is 4.79 Å². The van der Waals surface area contributed by atoms with Gasteiger partial charge in [0.25, 0.3) is 5.91 Å². The van der Waals surface area contributed by atoms with E-state index in [1.807, 2.05) is 42.7 Å². The van der Waals surface area contributed by atoms with E-state index in [1.165, 1.54) is 17.3 Å². The minimum absolute atomic E-state index is 0.353. The monoisotopic (exact) mass is 343 g/mol. The molecule has 0 radical (unpaired) electrons.